The minimum absolute atomic E-state index is 0.604. The number of nitrogens with zero attached hydrogens (tertiary/aromatic N) is 5. The van der Waals surface area contributed by atoms with E-state index in [2.05, 4.69) is 25.1 Å². The number of benzene rings is 1. The maximum Gasteiger partial charge on any atom is 0.241 e. The summed E-state index contributed by atoms with van der Waals surface area (Å²) in [5.74, 6) is 2.91. The Morgan fingerprint density at radius 2 is 1.67 bits per heavy atom. The van der Waals surface area contributed by atoms with Crippen LogP contribution in [0.5, 0.6) is 5.75 Å². The van der Waals surface area contributed by atoms with Gasteiger partial charge in [0.05, 0.1) is 19.3 Å². The molecule has 3 aromatic rings. The van der Waals surface area contributed by atoms with Crippen LogP contribution in [-0.4, -0.2) is 58.4 Å². The molecule has 3 heterocycles. The molecule has 2 aromatic heterocycles. The van der Waals surface area contributed by atoms with E-state index in [-0.39, 0.29) is 0 Å². The molecule has 0 saturated carbocycles. The van der Waals surface area contributed by atoms with Crippen molar-refractivity contribution in [2.75, 3.05) is 33.3 Å². The molecule has 4 rings (SSSR count). The first-order valence-corrected chi connectivity index (χ1v) is 9.03. The zero-order valence-corrected chi connectivity index (χ0v) is 15.6. The Kier molecular flexibility index (Phi) is 5.17. The first kappa shape index (κ1) is 17.7. The number of aryl methyl sites for hydroxylation is 1. The molecule has 0 spiro atoms. The van der Waals surface area contributed by atoms with Crippen molar-refractivity contribution in [3.63, 3.8) is 0 Å². The summed E-state index contributed by atoms with van der Waals surface area (Å²) in [4.78, 5) is 9.23. The quantitative estimate of drug-likeness (QED) is 0.655. The molecule has 1 aliphatic rings. The highest BCUT2D eigenvalue weighted by Gasteiger charge is 2.20. The van der Waals surface area contributed by atoms with Crippen LogP contribution in [0.25, 0.3) is 11.4 Å². The fourth-order valence-electron chi connectivity index (χ4n) is 3.19. The van der Waals surface area contributed by atoms with Crippen LogP contribution < -0.4 is 4.74 Å². The monoisotopic (exact) mass is 369 g/mol. The summed E-state index contributed by atoms with van der Waals surface area (Å²) < 4.78 is 15.7. The molecule has 27 heavy (non-hydrogen) atoms. The highest BCUT2D eigenvalue weighted by molar-refractivity contribution is 5.55. The number of hydrogen-bond donors (Lipinski definition) is 0. The highest BCUT2D eigenvalue weighted by Crippen LogP contribution is 2.20. The second kappa shape index (κ2) is 7.89. The molecule has 8 nitrogen and oxygen atoms in total. The fraction of sp³-hybridized carbons (Fsp3) is 0.421. The standard InChI is InChI=1S/C19H23N5O3/c1-14-11-16(21-26-14)12-23-7-9-24(10-8-23)13-18-20-19(22-27-18)15-3-5-17(25-2)6-4-15/h3-6,11H,7-10,12-13H2,1-2H3. The number of hydrogen-bond acceptors (Lipinski definition) is 8. The molecule has 1 saturated heterocycles. The number of piperazine rings is 1. The summed E-state index contributed by atoms with van der Waals surface area (Å²) >= 11 is 0. The van der Waals surface area contributed by atoms with Gasteiger partial charge in [0, 0.05) is 44.4 Å². The predicted molar refractivity (Wildman–Crippen MR) is 98.1 cm³/mol. The van der Waals surface area contributed by atoms with Crippen LogP contribution in [0.3, 0.4) is 0 Å². The molecule has 0 unspecified atom stereocenters. The van der Waals surface area contributed by atoms with E-state index in [4.69, 9.17) is 13.8 Å². The lowest BCUT2D eigenvalue weighted by Crippen LogP contribution is -2.45. The van der Waals surface area contributed by atoms with Gasteiger partial charge in [0.25, 0.3) is 0 Å². The van der Waals surface area contributed by atoms with E-state index in [1.807, 2.05) is 37.3 Å². The largest absolute Gasteiger partial charge is 0.497 e. The molecule has 8 heteroatoms. The van der Waals surface area contributed by atoms with Crippen LogP contribution in [0.2, 0.25) is 0 Å². The Morgan fingerprint density at radius 1 is 0.963 bits per heavy atom. The molecule has 0 atom stereocenters. The fourth-order valence-corrected chi connectivity index (χ4v) is 3.19. The summed E-state index contributed by atoms with van der Waals surface area (Å²) in [5, 5.41) is 8.17. The lowest BCUT2D eigenvalue weighted by molar-refractivity contribution is 0.110. The van der Waals surface area contributed by atoms with Gasteiger partial charge in [-0.05, 0) is 31.2 Å². The van der Waals surface area contributed by atoms with E-state index in [0.717, 1.165) is 55.5 Å². The molecule has 1 aliphatic heterocycles. The van der Waals surface area contributed by atoms with E-state index in [0.29, 0.717) is 18.3 Å². The highest BCUT2D eigenvalue weighted by atomic mass is 16.5. The SMILES string of the molecule is COc1ccc(-c2noc(CN3CCN(Cc4cc(C)on4)CC3)n2)cc1. The van der Waals surface area contributed by atoms with Crippen LogP contribution in [-0.2, 0) is 13.1 Å². The maximum atomic E-state index is 5.43. The maximum absolute atomic E-state index is 5.43. The van der Waals surface area contributed by atoms with Crippen LogP contribution in [0.15, 0.2) is 39.4 Å². The Balaban J connectivity index is 1.29. The van der Waals surface area contributed by atoms with Crippen molar-refractivity contribution in [2.24, 2.45) is 0 Å². The molecule has 0 bridgehead atoms. The summed E-state index contributed by atoms with van der Waals surface area (Å²) in [6.45, 7) is 7.28. The van der Waals surface area contributed by atoms with E-state index in [9.17, 15) is 0 Å². The van der Waals surface area contributed by atoms with Crippen molar-refractivity contribution in [2.45, 2.75) is 20.0 Å². The van der Waals surface area contributed by atoms with Gasteiger partial charge in [0.1, 0.15) is 11.5 Å². The Hall–Kier alpha value is -2.71. The lowest BCUT2D eigenvalue weighted by atomic mass is 10.2. The normalized spacial score (nSPS) is 15.9. The smallest absolute Gasteiger partial charge is 0.241 e. The van der Waals surface area contributed by atoms with Gasteiger partial charge in [0.2, 0.25) is 11.7 Å². The average Bonchev–Trinajstić information content (AvgIpc) is 3.32. The first-order chi connectivity index (χ1) is 13.2. The Labute approximate surface area is 157 Å². The van der Waals surface area contributed by atoms with Gasteiger partial charge in [-0.15, -0.1) is 0 Å². The summed E-state index contributed by atoms with van der Waals surface area (Å²) in [7, 11) is 1.65. The summed E-state index contributed by atoms with van der Waals surface area (Å²) in [6.07, 6.45) is 0. The van der Waals surface area contributed by atoms with Gasteiger partial charge in [-0.3, -0.25) is 9.80 Å². The molecule has 1 aromatic carbocycles. The van der Waals surface area contributed by atoms with Crippen molar-refractivity contribution < 1.29 is 13.8 Å². The van der Waals surface area contributed by atoms with Gasteiger partial charge < -0.3 is 13.8 Å². The lowest BCUT2D eigenvalue weighted by Gasteiger charge is -2.33. The van der Waals surface area contributed by atoms with Crippen molar-refractivity contribution in [1.29, 1.82) is 0 Å². The van der Waals surface area contributed by atoms with E-state index in [1.54, 1.807) is 7.11 Å². The van der Waals surface area contributed by atoms with Crippen LogP contribution in [0.4, 0.5) is 0 Å². The molecular weight excluding hydrogens is 346 g/mol. The van der Waals surface area contributed by atoms with Crippen LogP contribution in [0, 0.1) is 6.92 Å². The zero-order chi connectivity index (χ0) is 18.6. The van der Waals surface area contributed by atoms with Crippen molar-refractivity contribution in [3.05, 3.63) is 47.7 Å². The summed E-state index contributed by atoms with van der Waals surface area (Å²) in [6, 6.07) is 9.63. The second-order valence-electron chi connectivity index (χ2n) is 6.72. The third-order valence-electron chi connectivity index (χ3n) is 4.70. The minimum atomic E-state index is 0.604. The molecule has 1 fully saturated rings. The van der Waals surface area contributed by atoms with Crippen molar-refractivity contribution in [1.82, 2.24) is 25.1 Å². The number of rotatable bonds is 6. The zero-order valence-electron chi connectivity index (χ0n) is 15.6. The van der Waals surface area contributed by atoms with Gasteiger partial charge in [-0.1, -0.05) is 10.3 Å². The number of aromatic nitrogens is 3. The van der Waals surface area contributed by atoms with Gasteiger partial charge in [-0.25, -0.2) is 0 Å². The minimum Gasteiger partial charge on any atom is -0.497 e. The van der Waals surface area contributed by atoms with E-state index in [1.165, 1.54) is 0 Å². The summed E-state index contributed by atoms with van der Waals surface area (Å²) in [5.41, 5.74) is 1.90. The Bertz CT molecular complexity index is 866. The van der Waals surface area contributed by atoms with Gasteiger partial charge >= 0.3 is 0 Å². The van der Waals surface area contributed by atoms with E-state index >= 15 is 0 Å². The predicted octanol–water partition coefficient (Wildman–Crippen LogP) is 2.36. The van der Waals surface area contributed by atoms with Gasteiger partial charge in [-0.2, -0.15) is 4.98 Å². The number of methoxy groups -OCH3 is 1. The molecule has 0 amide bonds. The van der Waals surface area contributed by atoms with E-state index < -0.39 is 0 Å². The molecule has 0 N–H and O–H groups in total. The van der Waals surface area contributed by atoms with Crippen molar-refractivity contribution in [3.8, 4) is 17.1 Å². The Morgan fingerprint density at radius 3 is 2.30 bits per heavy atom. The topological polar surface area (TPSA) is 80.7 Å². The third kappa shape index (κ3) is 4.35. The van der Waals surface area contributed by atoms with Crippen LogP contribution >= 0.6 is 0 Å². The molecule has 0 radical (unpaired) electrons. The molecule has 0 aliphatic carbocycles. The second-order valence-corrected chi connectivity index (χ2v) is 6.72. The third-order valence-corrected chi connectivity index (χ3v) is 4.70. The van der Waals surface area contributed by atoms with Gasteiger partial charge in [0.15, 0.2) is 0 Å². The number of ether oxygens (including phenoxy) is 1. The molecular formula is C19H23N5O3. The average molecular weight is 369 g/mol. The molecule has 142 valence electrons. The van der Waals surface area contributed by atoms with Crippen molar-refractivity contribution >= 4 is 0 Å². The first-order valence-electron chi connectivity index (χ1n) is 9.03. The van der Waals surface area contributed by atoms with Crippen LogP contribution in [0.1, 0.15) is 17.3 Å².